The molecule has 1 aromatic rings. The highest BCUT2D eigenvalue weighted by Crippen LogP contribution is 2.30. The predicted octanol–water partition coefficient (Wildman–Crippen LogP) is 1.90. The Bertz CT molecular complexity index is 743. The Morgan fingerprint density at radius 2 is 2.00 bits per heavy atom. The lowest BCUT2D eigenvalue weighted by atomic mass is 10.1. The Balaban J connectivity index is 2.45. The molecular formula is C14H10N6O. The second-order valence-corrected chi connectivity index (χ2v) is 4.33. The van der Waals surface area contributed by atoms with Crippen molar-refractivity contribution in [2.75, 3.05) is 17.7 Å². The first-order chi connectivity index (χ1) is 10.1. The molecule has 7 heteroatoms. The quantitative estimate of drug-likeness (QED) is 0.801. The van der Waals surface area contributed by atoms with Crippen molar-refractivity contribution in [3.05, 3.63) is 35.0 Å². The van der Waals surface area contributed by atoms with Gasteiger partial charge in [0.25, 0.3) is 0 Å². The van der Waals surface area contributed by atoms with Crippen LogP contribution in [0.4, 0.5) is 16.2 Å². The lowest BCUT2D eigenvalue weighted by Gasteiger charge is -2.27. The SMILES string of the molecule is CN1Cc2c(cccc2NC(C#N)=C(C#N)C#N)NC1=O. The molecule has 1 aliphatic heterocycles. The molecule has 1 aliphatic rings. The number of rotatable bonds is 2. The molecule has 0 fully saturated rings. The van der Waals surface area contributed by atoms with Crippen molar-refractivity contribution in [3.8, 4) is 18.2 Å². The van der Waals surface area contributed by atoms with Gasteiger partial charge in [-0.15, -0.1) is 0 Å². The molecule has 0 spiro atoms. The number of nitrogens with zero attached hydrogens (tertiary/aromatic N) is 4. The number of hydrogen-bond donors (Lipinski definition) is 2. The number of fused-ring (bicyclic) bond motifs is 1. The monoisotopic (exact) mass is 278 g/mol. The number of urea groups is 1. The maximum Gasteiger partial charge on any atom is 0.321 e. The van der Waals surface area contributed by atoms with Crippen molar-refractivity contribution < 1.29 is 4.79 Å². The molecule has 7 nitrogen and oxygen atoms in total. The van der Waals surface area contributed by atoms with Crippen LogP contribution in [0.5, 0.6) is 0 Å². The summed E-state index contributed by atoms with van der Waals surface area (Å²) in [5.74, 6) is 0. The van der Waals surface area contributed by atoms with Crippen LogP contribution in [0.2, 0.25) is 0 Å². The summed E-state index contributed by atoms with van der Waals surface area (Å²) in [6.07, 6.45) is 0. The molecule has 0 bridgehead atoms. The van der Waals surface area contributed by atoms with Gasteiger partial charge in [0.1, 0.15) is 23.9 Å². The minimum Gasteiger partial charge on any atom is -0.345 e. The van der Waals surface area contributed by atoms with Crippen molar-refractivity contribution in [2.45, 2.75) is 6.54 Å². The third-order valence-corrected chi connectivity index (χ3v) is 3.00. The smallest absolute Gasteiger partial charge is 0.321 e. The highest BCUT2D eigenvalue weighted by atomic mass is 16.2. The van der Waals surface area contributed by atoms with E-state index in [1.54, 1.807) is 43.5 Å². The molecule has 0 aliphatic carbocycles. The zero-order valence-corrected chi connectivity index (χ0v) is 11.1. The van der Waals surface area contributed by atoms with Crippen LogP contribution < -0.4 is 10.6 Å². The van der Waals surface area contributed by atoms with E-state index in [2.05, 4.69) is 10.6 Å². The van der Waals surface area contributed by atoms with Crippen LogP contribution in [0.1, 0.15) is 5.56 Å². The number of benzene rings is 1. The van der Waals surface area contributed by atoms with Gasteiger partial charge in [-0.1, -0.05) is 6.07 Å². The zero-order chi connectivity index (χ0) is 15.4. The normalized spacial score (nSPS) is 12.1. The number of nitriles is 3. The Labute approximate surface area is 121 Å². The van der Waals surface area contributed by atoms with Gasteiger partial charge in [0.15, 0.2) is 5.57 Å². The molecule has 0 saturated carbocycles. The maximum atomic E-state index is 11.6. The van der Waals surface area contributed by atoms with E-state index < -0.39 is 0 Å². The van der Waals surface area contributed by atoms with E-state index in [1.807, 2.05) is 0 Å². The zero-order valence-electron chi connectivity index (χ0n) is 11.1. The summed E-state index contributed by atoms with van der Waals surface area (Å²) in [5, 5.41) is 32.2. The third-order valence-electron chi connectivity index (χ3n) is 3.00. The molecule has 0 atom stereocenters. The summed E-state index contributed by atoms with van der Waals surface area (Å²) in [5.41, 5.74) is 1.58. The average Bonchev–Trinajstić information content (AvgIpc) is 2.49. The minimum atomic E-state index is -0.289. The molecule has 2 amide bonds. The molecule has 21 heavy (non-hydrogen) atoms. The van der Waals surface area contributed by atoms with E-state index in [0.717, 1.165) is 5.56 Å². The first kappa shape index (κ1) is 13.9. The first-order valence-corrected chi connectivity index (χ1v) is 5.96. The molecule has 0 aromatic heterocycles. The highest BCUT2D eigenvalue weighted by Gasteiger charge is 2.22. The van der Waals surface area contributed by atoms with Gasteiger partial charge in [-0.05, 0) is 12.1 Å². The highest BCUT2D eigenvalue weighted by molar-refractivity contribution is 5.93. The number of anilines is 2. The van der Waals surface area contributed by atoms with Gasteiger partial charge in [-0.25, -0.2) is 4.79 Å². The van der Waals surface area contributed by atoms with Crippen LogP contribution in [0.15, 0.2) is 29.5 Å². The largest absolute Gasteiger partial charge is 0.345 e. The Hall–Kier alpha value is -3.50. The lowest BCUT2D eigenvalue weighted by molar-refractivity contribution is 0.218. The van der Waals surface area contributed by atoms with Gasteiger partial charge in [-0.2, -0.15) is 15.8 Å². The van der Waals surface area contributed by atoms with E-state index in [9.17, 15) is 4.79 Å². The minimum absolute atomic E-state index is 0.118. The Kier molecular flexibility index (Phi) is 3.74. The summed E-state index contributed by atoms with van der Waals surface area (Å²) in [6, 6.07) is 10.1. The molecule has 2 N–H and O–H groups in total. The van der Waals surface area contributed by atoms with Crippen LogP contribution in [0.3, 0.4) is 0 Å². The molecule has 102 valence electrons. The summed E-state index contributed by atoms with van der Waals surface area (Å²) < 4.78 is 0. The van der Waals surface area contributed by atoms with Crippen molar-refractivity contribution in [3.63, 3.8) is 0 Å². The standard InChI is InChI=1S/C14H10N6O/c1-20-8-10-11(3-2-4-12(10)19-14(20)21)18-13(7-17)9(5-15)6-16/h2-4,18H,8H2,1H3,(H,19,21). The second kappa shape index (κ2) is 5.64. The number of allylic oxidation sites excluding steroid dienone is 2. The van der Waals surface area contributed by atoms with Gasteiger partial charge < -0.3 is 15.5 Å². The summed E-state index contributed by atoms with van der Waals surface area (Å²) in [4.78, 5) is 13.1. The van der Waals surface area contributed by atoms with Crippen molar-refractivity contribution in [1.82, 2.24) is 4.90 Å². The van der Waals surface area contributed by atoms with E-state index in [-0.39, 0.29) is 17.3 Å². The molecular weight excluding hydrogens is 268 g/mol. The first-order valence-electron chi connectivity index (χ1n) is 5.96. The number of carbonyl (C=O) groups is 1. The molecule has 0 saturated heterocycles. The molecule has 0 radical (unpaired) electrons. The van der Waals surface area contributed by atoms with Gasteiger partial charge in [0, 0.05) is 24.0 Å². The predicted molar refractivity (Wildman–Crippen MR) is 74.4 cm³/mol. The van der Waals surface area contributed by atoms with E-state index >= 15 is 0 Å². The summed E-state index contributed by atoms with van der Waals surface area (Å²) in [7, 11) is 1.64. The Morgan fingerprint density at radius 1 is 1.29 bits per heavy atom. The topological polar surface area (TPSA) is 116 Å². The van der Waals surface area contributed by atoms with Crippen molar-refractivity contribution in [1.29, 1.82) is 15.8 Å². The van der Waals surface area contributed by atoms with Gasteiger partial charge in [0.05, 0.1) is 6.54 Å². The summed E-state index contributed by atoms with van der Waals surface area (Å²) in [6.45, 7) is 0.359. The van der Waals surface area contributed by atoms with Crippen LogP contribution in [-0.2, 0) is 6.54 Å². The molecule has 0 unspecified atom stereocenters. The lowest BCUT2D eigenvalue weighted by Crippen LogP contribution is -2.35. The summed E-state index contributed by atoms with van der Waals surface area (Å²) >= 11 is 0. The molecule has 1 heterocycles. The fraction of sp³-hybridized carbons (Fsp3) is 0.143. The van der Waals surface area contributed by atoms with E-state index in [0.29, 0.717) is 17.9 Å². The van der Waals surface area contributed by atoms with Gasteiger partial charge in [-0.3, -0.25) is 0 Å². The van der Waals surface area contributed by atoms with E-state index in [1.165, 1.54) is 4.90 Å². The van der Waals surface area contributed by atoms with Gasteiger partial charge >= 0.3 is 6.03 Å². The number of carbonyl (C=O) groups excluding carboxylic acids is 1. The Morgan fingerprint density at radius 3 is 2.62 bits per heavy atom. The van der Waals surface area contributed by atoms with Gasteiger partial charge in [0.2, 0.25) is 0 Å². The number of amides is 2. The van der Waals surface area contributed by atoms with Crippen molar-refractivity contribution >= 4 is 17.4 Å². The third kappa shape index (κ3) is 2.60. The van der Waals surface area contributed by atoms with Crippen LogP contribution >= 0.6 is 0 Å². The number of nitrogens with one attached hydrogen (secondary N) is 2. The van der Waals surface area contributed by atoms with Crippen LogP contribution in [-0.4, -0.2) is 18.0 Å². The van der Waals surface area contributed by atoms with E-state index in [4.69, 9.17) is 15.8 Å². The fourth-order valence-corrected chi connectivity index (χ4v) is 1.93. The molecule has 1 aromatic carbocycles. The second-order valence-electron chi connectivity index (χ2n) is 4.33. The maximum absolute atomic E-state index is 11.6. The molecule has 2 rings (SSSR count). The van der Waals surface area contributed by atoms with Crippen molar-refractivity contribution in [2.24, 2.45) is 0 Å². The van der Waals surface area contributed by atoms with Crippen LogP contribution in [0, 0.1) is 34.0 Å². The fourth-order valence-electron chi connectivity index (χ4n) is 1.93. The number of hydrogen-bond acceptors (Lipinski definition) is 5. The average molecular weight is 278 g/mol. The van der Waals surface area contributed by atoms with Crippen LogP contribution in [0.25, 0.3) is 0 Å².